The van der Waals surface area contributed by atoms with E-state index in [1.54, 1.807) is 13.1 Å². The molecule has 2 aromatic heterocycles. The summed E-state index contributed by atoms with van der Waals surface area (Å²) in [7, 11) is 1.64. The smallest absolute Gasteiger partial charge is 0.267 e. The zero-order chi connectivity index (χ0) is 13.6. The summed E-state index contributed by atoms with van der Waals surface area (Å²) in [4.78, 5) is 16.3. The minimum absolute atomic E-state index is 0.185. The van der Waals surface area contributed by atoms with Crippen molar-refractivity contribution in [3.05, 3.63) is 45.3 Å². The molecule has 3 rings (SSSR count). The molecule has 2 heterocycles. The second kappa shape index (κ2) is 4.23. The number of aromatic nitrogens is 5. The zero-order valence-electron chi connectivity index (χ0n) is 9.71. The van der Waals surface area contributed by atoms with Crippen molar-refractivity contribution >= 4 is 26.7 Å². The van der Waals surface area contributed by atoms with Gasteiger partial charge < -0.3 is 0 Å². The van der Waals surface area contributed by atoms with Crippen LogP contribution >= 0.6 is 15.9 Å². The van der Waals surface area contributed by atoms with Gasteiger partial charge in [0, 0.05) is 12.4 Å². The van der Waals surface area contributed by atoms with Crippen molar-refractivity contribution in [1.82, 2.24) is 24.5 Å². The Hall–Kier alpha value is -2.09. The fraction of sp³-hybridized carbons (Fsp3) is 0.0909. The maximum absolute atomic E-state index is 13.6. The van der Waals surface area contributed by atoms with Gasteiger partial charge in [-0.25, -0.2) is 9.07 Å². The van der Waals surface area contributed by atoms with Crippen molar-refractivity contribution in [3.63, 3.8) is 0 Å². The van der Waals surface area contributed by atoms with Crippen LogP contribution in [0.25, 0.3) is 16.7 Å². The number of rotatable bonds is 1. The first-order valence-electron chi connectivity index (χ1n) is 5.31. The first-order chi connectivity index (χ1) is 9.08. The Bertz CT molecular complexity index is 841. The molecule has 0 radical (unpaired) electrons. The molecule has 0 saturated heterocycles. The highest BCUT2D eigenvalue weighted by Gasteiger charge is 2.13. The van der Waals surface area contributed by atoms with Gasteiger partial charge in [-0.1, -0.05) is 6.07 Å². The van der Waals surface area contributed by atoms with Gasteiger partial charge in [-0.15, -0.1) is 5.10 Å². The molecule has 0 fully saturated rings. The van der Waals surface area contributed by atoms with Crippen molar-refractivity contribution in [2.45, 2.75) is 0 Å². The normalized spacial score (nSPS) is 11.1. The molecule has 0 bridgehead atoms. The van der Waals surface area contributed by atoms with Crippen LogP contribution in [0.5, 0.6) is 0 Å². The third kappa shape index (κ3) is 1.84. The molecule has 0 amide bonds. The van der Waals surface area contributed by atoms with Gasteiger partial charge in [-0.3, -0.25) is 4.79 Å². The minimum atomic E-state index is -0.478. The van der Waals surface area contributed by atoms with Crippen molar-refractivity contribution in [2.75, 3.05) is 0 Å². The van der Waals surface area contributed by atoms with Gasteiger partial charge in [0.25, 0.3) is 11.5 Å². The van der Waals surface area contributed by atoms with Gasteiger partial charge in [-0.05, 0) is 28.1 Å². The molecule has 0 N–H and O–H groups in total. The van der Waals surface area contributed by atoms with Crippen molar-refractivity contribution in [2.24, 2.45) is 7.05 Å². The van der Waals surface area contributed by atoms with Crippen LogP contribution in [0.15, 0.2) is 33.9 Å². The van der Waals surface area contributed by atoms with Crippen molar-refractivity contribution < 1.29 is 4.39 Å². The number of hydrogen-bond donors (Lipinski definition) is 0. The van der Waals surface area contributed by atoms with Crippen LogP contribution in [0.2, 0.25) is 0 Å². The predicted octanol–water partition coefficient (Wildman–Crippen LogP) is 1.42. The lowest BCUT2D eigenvalue weighted by molar-refractivity contribution is 0.635. The van der Waals surface area contributed by atoms with E-state index in [0.717, 1.165) is 4.68 Å². The van der Waals surface area contributed by atoms with Crippen LogP contribution in [0.3, 0.4) is 0 Å². The summed E-state index contributed by atoms with van der Waals surface area (Å²) in [5, 5.41) is 8.34. The molecule has 0 spiro atoms. The van der Waals surface area contributed by atoms with Crippen LogP contribution in [-0.2, 0) is 7.05 Å². The Labute approximate surface area is 114 Å². The Kier molecular flexibility index (Phi) is 2.67. The molecular formula is C11H7BrFN5O. The zero-order valence-corrected chi connectivity index (χ0v) is 11.3. The Morgan fingerprint density at radius 1 is 1.32 bits per heavy atom. The molecule has 19 heavy (non-hydrogen) atoms. The van der Waals surface area contributed by atoms with Gasteiger partial charge in [-0.2, -0.15) is 14.8 Å². The minimum Gasteiger partial charge on any atom is -0.267 e. The Morgan fingerprint density at radius 2 is 2.11 bits per heavy atom. The van der Waals surface area contributed by atoms with E-state index < -0.39 is 11.4 Å². The molecule has 0 aliphatic rings. The fourth-order valence-electron chi connectivity index (χ4n) is 1.81. The third-order valence-corrected chi connectivity index (χ3v) is 3.02. The van der Waals surface area contributed by atoms with E-state index in [9.17, 15) is 9.18 Å². The average molecular weight is 324 g/mol. The number of benzene rings is 1. The lowest BCUT2D eigenvalue weighted by Gasteiger charge is -2.04. The summed E-state index contributed by atoms with van der Waals surface area (Å²) in [6.07, 6.45) is 1.30. The first kappa shape index (κ1) is 12.0. The molecule has 6 nitrogen and oxygen atoms in total. The van der Waals surface area contributed by atoms with Gasteiger partial charge in [0.15, 0.2) is 0 Å². The molecule has 96 valence electrons. The average Bonchev–Trinajstić information content (AvgIpc) is 2.70. The molecule has 0 saturated carbocycles. The first-order valence-corrected chi connectivity index (χ1v) is 6.10. The molecular weight excluding hydrogens is 317 g/mol. The number of nitrogens with zero attached hydrogens (tertiary/aromatic N) is 5. The molecule has 0 aliphatic heterocycles. The summed E-state index contributed by atoms with van der Waals surface area (Å²) >= 11 is 3.12. The lowest BCUT2D eigenvalue weighted by atomic mass is 10.2. The van der Waals surface area contributed by atoms with Crippen LogP contribution in [-0.4, -0.2) is 24.5 Å². The van der Waals surface area contributed by atoms with E-state index >= 15 is 0 Å². The largest absolute Gasteiger partial charge is 0.282 e. The van der Waals surface area contributed by atoms with Crippen LogP contribution < -0.4 is 5.56 Å². The molecule has 1 aromatic carbocycles. The monoisotopic (exact) mass is 323 g/mol. The highest BCUT2D eigenvalue weighted by atomic mass is 79.9. The lowest BCUT2D eigenvalue weighted by Crippen LogP contribution is -2.24. The highest BCUT2D eigenvalue weighted by Crippen LogP contribution is 2.13. The maximum Gasteiger partial charge on any atom is 0.282 e. The van der Waals surface area contributed by atoms with Gasteiger partial charge >= 0.3 is 0 Å². The Morgan fingerprint density at radius 3 is 2.79 bits per heavy atom. The quantitative estimate of drug-likeness (QED) is 0.679. The highest BCUT2D eigenvalue weighted by molar-refractivity contribution is 9.10. The van der Waals surface area contributed by atoms with E-state index in [2.05, 4.69) is 31.1 Å². The fourth-order valence-corrected chi connectivity index (χ4v) is 2.21. The van der Waals surface area contributed by atoms with E-state index in [4.69, 9.17) is 0 Å². The second-order valence-corrected chi connectivity index (χ2v) is 4.58. The summed E-state index contributed by atoms with van der Waals surface area (Å²) in [6.45, 7) is 0. The molecule has 8 heteroatoms. The van der Waals surface area contributed by atoms with E-state index in [0.29, 0.717) is 4.73 Å². The molecule has 0 unspecified atom stereocenters. The Balaban J connectivity index is 2.36. The number of hydrogen-bond acceptors (Lipinski definition) is 4. The number of aryl methyl sites for hydroxylation is 1. The van der Waals surface area contributed by atoms with E-state index in [1.807, 2.05) is 0 Å². The summed E-state index contributed by atoms with van der Waals surface area (Å²) in [5.74, 6) is -0.226. The summed E-state index contributed by atoms with van der Waals surface area (Å²) in [6, 6.07) is 4.31. The summed E-state index contributed by atoms with van der Waals surface area (Å²) in [5.41, 5.74) is -0.444. The number of fused-ring (bicyclic) bond motifs is 1. The van der Waals surface area contributed by atoms with E-state index in [-0.39, 0.29) is 16.7 Å². The topological polar surface area (TPSA) is 65.6 Å². The standard InChI is InChI=1S/C11H7BrFN5O/c1-17-11(15-10(12)16-17)18-9(19)6-3-2-4-8(13)7(6)5-14-18/h2-5H,1H3. The molecule has 3 aromatic rings. The van der Waals surface area contributed by atoms with Gasteiger partial charge in [0.2, 0.25) is 4.73 Å². The van der Waals surface area contributed by atoms with Crippen LogP contribution in [0.1, 0.15) is 0 Å². The van der Waals surface area contributed by atoms with Crippen LogP contribution in [0.4, 0.5) is 4.39 Å². The van der Waals surface area contributed by atoms with Crippen molar-refractivity contribution in [1.29, 1.82) is 0 Å². The van der Waals surface area contributed by atoms with E-state index in [1.165, 1.54) is 23.0 Å². The van der Waals surface area contributed by atoms with Crippen LogP contribution in [0, 0.1) is 5.82 Å². The summed E-state index contributed by atoms with van der Waals surface area (Å²) < 4.78 is 16.4. The maximum atomic E-state index is 13.6. The van der Waals surface area contributed by atoms with Gasteiger partial charge in [0.1, 0.15) is 5.82 Å². The molecule has 0 atom stereocenters. The predicted molar refractivity (Wildman–Crippen MR) is 69.6 cm³/mol. The van der Waals surface area contributed by atoms with Crippen molar-refractivity contribution in [3.8, 4) is 5.95 Å². The third-order valence-electron chi connectivity index (χ3n) is 2.68. The second-order valence-electron chi connectivity index (χ2n) is 3.87. The molecule has 0 aliphatic carbocycles. The SMILES string of the molecule is Cn1nc(Br)nc1-n1ncc2c(F)cccc2c1=O. The van der Waals surface area contributed by atoms with Gasteiger partial charge in [0.05, 0.1) is 11.6 Å². The number of halogens is 2.